The van der Waals surface area contributed by atoms with E-state index in [1.807, 2.05) is 18.2 Å². The number of nitrogens with one attached hydrogen (secondary N) is 1. The molecule has 7 nitrogen and oxygen atoms in total. The monoisotopic (exact) mass is 467 g/mol. The van der Waals surface area contributed by atoms with Crippen LogP contribution in [0.3, 0.4) is 0 Å². The number of benzene rings is 2. The molecule has 3 heterocycles. The first-order chi connectivity index (χ1) is 15.4. The first-order valence-electron chi connectivity index (χ1n) is 10.1. The van der Waals surface area contributed by atoms with Gasteiger partial charge in [-0.2, -0.15) is 0 Å². The molecular formula is C23H18ClN3O4S. The van der Waals surface area contributed by atoms with E-state index >= 15 is 0 Å². The number of hydrogen-bond acceptors (Lipinski definition) is 5. The molecule has 9 heteroatoms. The van der Waals surface area contributed by atoms with Crippen molar-refractivity contribution in [3.63, 3.8) is 0 Å². The topological polar surface area (TPSA) is 95.4 Å². The average molecular weight is 468 g/mol. The highest BCUT2D eigenvalue weighted by Crippen LogP contribution is 2.29. The summed E-state index contributed by atoms with van der Waals surface area (Å²) in [5.41, 5.74) is 2.42. The Balaban J connectivity index is 1.61. The highest BCUT2D eigenvalue weighted by Gasteiger charge is 2.21. The molecule has 2 aromatic heterocycles. The molecule has 2 aromatic carbocycles. The Morgan fingerprint density at radius 1 is 1.16 bits per heavy atom. The van der Waals surface area contributed by atoms with Crippen LogP contribution in [0.5, 0.6) is 0 Å². The summed E-state index contributed by atoms with van der Waals surface area (Å²) in [4.78, 5) is 42.2. The minimum absolute atomic E-state index is 0.0338. The number of aromatic nitrogens is 2. The van der Waals surface area contributed by atoms with Crippen molar-refractivity contribution < 1.29 is 9.90 Å². The molecule has 5 rings (SSSR count). The Labute approximate surface area is 191 Å². The van der Waals surface area contributed by atoms with Crippen molar-refractivity contribution in [1.29, 1.82) is 0 Å². The van der Waals surface area contributed by atoms with E-state index < -0.39 is 17.2 Å². The second-order valence-corrected chi connectivity index (χ2v) is 8.96. The summed E-state index contributed by atoms with van der Waals surface area (Å²) in [7, 11) is 0. The fourth-order valence-corrected chi connectivity index (χ4v) is 5.27. The SMILES string of the molecule is O=C(O)c1scc2[nH]c(=O)n(-c3cc(CN4CCCc5ccccc54)ccc3Cl)c(=O)c12. The highest BCUT2D eigenvalue weighted by molar-refractivity contribution is 7.13. The number of rotatable bonds is 4. The van der Waals surface area contributed by atoms with Gasteiger partial charge in [0.1, 0.15) is 4.88 Å². The maximum atomic E-state index is 13.2. The van der Waals surface area contributed by atoms with Crippen molar-refractivity contribution in [3.8, 4) is 5.69 Å². The molecule has 0 atom stereocenters. The Hall–Kier alpha value is -3.36. The van der Waals surface area contributed by atoms with E-state index in [4.69, 9.17) is 11.6 Å². The third kappa shape index (κ3) is 3.41. The van der Waals surface area contributed by atoms with Gasteiger partial charge in [-0.15, -0.1) is 11.3 Å². The number of aryl methyl sites for hydroxylation is 1. The predicted molar refractivity (Wildman–Crippen MR) is 126 cm³/mol. The second-order valence-electron chi connectivity index (χ2n) is 7.67. The van der Waals surface area contributed by atoms with Crippen LogP contribution in [0.25, 0.3) is 16.6 Å². The molecule has 0 aliphatic carbocycles. The van der Waals surface area contributed by atoms with E-state index in [9.17, 15) is 19.5 Å². The molecule has 162 valence electrons. The molecule has 0 saturated carbocycles. The number of H-pyrrole nitrogens is 1. The zero-order valence-electron chi connectivity index (χ0n) is 16.8. The summed E-state index contributed by atoms with van der Waals surface area (Å²) in [6, 6.07) is 13.5. The van der Waals surface area contributed by atoms with Gasteiger partial charge in [-0.05, 0) is 42.2 Å². The van der Waals surface area contributed by atoms with Gasteiger partial charge in [0.15, 0.2) is 0 Å². The highest BCUT2D eigenvalue weighted by atomic mass is 35.5. The number of anilines is 1. The van der Waals surface area contributed by atoms with Gasteiger partial charge in [0, 0.05) is 24.2 Å². The number of carboxylic acid groups (broad SMARTS) is 1. The van der Waals surface area contributed by atoms with Crippen LogP contribution in [-0.4, -0.2) is 27.2 Å². The van der Waals surface area contributed by atoms with Gasteiger partial charge in [0.05, 0.1) is 21.6 Å². The molecule has 0 unspecified atom stereocenters. The Morgan fingerprint density at radius 3 is 2.78 bits per heavy atom. The largest absolute Gasteiger partial charge is 0.477 e. The van der Waals surface area contributed by atoms with Crippen molar-refractivity contribution in [2.45, 2.75) is 19.4 Å². The third-order valence-corrected chi connectivity index (χ3v) is 6.97. The second kappa shape index (κ2) is 7.96. The van der Waals surface area contributed by atoms with Crippen molar-refractivity contribution in [2.24, 2.45) is 0 Å². The summed E-state index contributed by atoms with van der Waals surface area (Å²) in [5.74, 6) is -1.22. The molecule has 32 heavy (non-hydrogen) atoms. The first kappa shape index (κ1) is 20.5. The normalized spacial score (nSPS) is 13.3. The van der Waals surface area contributed by atoms with Crippen LogP contribution >= 0.6 is 22.9 Å². The molecule has 0 saturated heterocycles. The minimum atomic E-state index is -1.22. The number of carbonyl (C=O) groups is 1. The molecule has 1 aliphatic rings. The van der Waals surface area contributed by atoms with Crippen LogP contribution in [0.2, 0.25) is 5.02 Å². The van der Waals surface area contributed by atoms with E-state index in [1.54, 1.807) is 12.1 Å². The Bertz CT molecular complexity index is 1490. The zero-order valence-corrected chi connectivity index (χ0v) is 18.4. The van der Waals surface area contributed by atoms with Gasteiger partial charge in [-0.25, -0.2) is 14.2 Å². The minimum Gasteiger partial charge on any atom is -0.477 e. The van der Waals surface area contributed by atoms with Crippen molar-refractivity contribution in [3.05, 3.63) is 89.7 Å². The van der Waals surface area contributed by atoms with Gasteiger partial charge < -0.3 is 15.0 Å². The van der Waals surface area contributed by atoms with Crippen molar-refractivity contribution in [1.82, 2.24) is 9.55 Å². The fraction of sp³-hybridized carbons (Fsp3) is 0.174. The molecule has 4 aromatic rings. The lowest BCUT2D eigenvalue weighted by molar-refractivity contribution is 0.0704. The standard InChI is InChI=1S/C23H18ClN3O4S/c24-15-8-7-13(11-26-9-3-5-14-4-1-2-6-17(14)26)10-18(15)27-21(28)19-16(25-23(27)31)12-32-20(19)22(29)30/h1-2,4,6-8,10,12H,3,5,9,11H2,(H,25,31)(H,29,30). The Kier molecular flexibility index (Phi) is 5.11. The van der Waals surface area contributed by atoms with Crippen LogP contribution in [0.1, 0.15) is 27.2 Å². The zero-order chi connectivity index (χ0) is 22.4. The number of aromatic amines is 1. The number of carboxylic acids is 1. The van der Waals surface area contributed by atoms with Gasteiger partial charge in [0.25, 0.3) is 5.56 Å². The number of halogens is 1. The third-order valence-electron chi connectivity index (χ3n) is 5.68. The van der Waals surface area contributed by atoms with Crippen molar-refractivity contribution in [2.75, 3.05) is 11.4 Å². The molecule has 0 radical (unpaired) electrons. The van der Waals surface area contributed by atoms with E-state index in [-0.39, 0.29) is 26.5 Å². The fourth-order valence-electron chi connectivity index (χ4n) is 4.24. The summed E-state index contributed by atoms with van der Waals surface area (Å²) in [6.07, 6.45) is 2.08. The number of fused-ring (bicyclic) bond motifs is 2. The summed E-state index contributed by atoms with van der Waals surface area (Å²) >= 11 is 7.29. The summed E-state index contributed by atoms with van der Waals surface area (Å²) in [6.45, 7) is 1.49. The summed E-state index contributed by atoms with van der Waals surface area (Å²) < 4.78 is 0.914. The van der Waals surface area contributed by atoms with E-state index in [0.717, 1.165) is 40.9 Å². The van der Waals surface area contributed by atoms with Crippen LogP contribution in [0, 0.1) is 0 Å². The number of thiophene rings is 1. The predicted octanol–water partition coefficient (Wildman–Crippen LogP) is 4.04. The molecule has 0 fully saturated rings. The quantitative estimate of drug-likeness (QED) is 0.472. The average Bonchev–Trinajstić information content (AvgIpc) is 3.20. The molecule has 1 aliphatic heterocycles. The molecule has 0 bridgehead atoms. The van der Waals surface area contributed by atoms with Gasteiger partial charge in [0.2, 0.25) is 0 Å². The maximum Gasteiger partial charge on any atom is 0.346 e. The summed E-state index contributed by atoms with van der Waals surface area (Å²) in [5, 5.41) is 11.1. The lowest BCUT2D eigenvalue weighted by Gasteiger charge is -2.31. The Morgan fingerprint density at radius 2 is 1.97 bits per heavy atom. The molecule has 0 amide bonds. The van der Waals surface area contributed by atoms with Crippen molar-refractivity contribution >= 4 is 45.5 Å². The molecule has 0 spiro atoms. The number of nitrogens with zero attached hydrogens (tertiary/aromatic N) is 2. The maximum absolute atomic E-state index is 13.2. The number of hydrogen-bond donors (Lipinski definition) is 2. The van der Waals surface area contributed by atoms with E-state index in [2.05, 4.69) is 22.0 Å². The lowest BCUT2D eigenvalue weighted by Crippen LogP contribution is -2.34. The molecule has 2 N–H and O–H groups in total. The van der Waals surface area contributed by atoms with Gasteiger partial charge in [-0.1, -0.05) is 35.9 Å². The lowest BCUT2D eigenvalue weighted by atomic mass is 10.0. The van der Waals surface area contributed by atoms with Crippen LogP contribution < -0.4 is 16.1 Å². The first-order valence-corrected chi connectivity index (χ1v) is 11.3. The number of para-hydroxylation sites is 1. The van der Waals surface area contributed by atoms with Crippen LogP contribution in [-0.2, 0) is 13.0 Å². The number of aromatic carboxylic acids is 1. The van der Waals surface area contributed by atoms with Crippen LogP contribution in [0.15, 0.2) is 57.4 Å². The molecular weight excluding hydrogens is 450 g/mol. The van der Waals surface area contributed by atoms with Crippen LogP contribution in [0.4, 0.5) is 5.69 Å². The van der Waals surface area contributed by atoms with E-state index in [1.165, 1.54) is 16.6 Å². The van der Waals surface area contributed by atoms with E-state index in [0.29, 0.717) is 6.54 Å². The van der Waals surface area contributed by atoms with Gasteiger partial charge >= 0.3 is 11.7 Å². The smallest absolute Gasteiger partial charge is 0.346 e. The van der Waals surface area contributed by atoms with Gasteiger partial charge in [-0.3, -0.25) is 4.79 Å².